The number of alkyl halides is 3. The zero-order valence-corrected chi connectivity index (χ0v) is 14.1. The summed E-state index contributed by atoms with van der Waals surface area (Å²) in [5, 5.41) is 0. The molecule has 0 aromatic heterocycles. The maximum atomic E-state index is 12.4. The van der Waals surface area contributed by atoms with Crippen molar-refractivity contribution < 1.29 is 25.8 Å². The summed E-state index contributed by atoms with van der Waals surface area (Å²) in [6.07, 6.45) is 2.84. The number of halogens is 3. The molecule has 0 spiro atoms. The van der Waals surface area contributed by atoms with Gasteiger partial charge in [0, 0.05) is 4.91 Å². The third-order valence-electron chi connectivity index (χ3n) is 3.05. The maximum Gasteiger partial charge on any atom is 0.523 e. The fourth-order valence-electron chi connectivity index (χ4n) is 2.12. The number of hydrogen-bond donors (Lipinski definition) is 1. The van der Waals surface area contributed by atoms with Crippen LogP contribution in [-0.2, 0) is 14.3 Å². The van der Waals surface area contributed by atoms with Crippen LogP contribution >= 0.6 is 22.7 Å². The third-order valence-corrected chi connectivity index (χ3v) is 8.24. The van der Waals surface area contributed by atoms with Gasteiger partial charge in [-0.1, -0.05) is 0 Å². The highest BCUT2D eigenvalue weighted by atomic mass is 32.2. The van der Waals surface area contributed by atoms with Gasteiger partial charge < -0.3 is 0 Å². The Morgan fingerprint density at radius 1 is 1.30 bits per heavy atom. The van der Waals surface area contributed by atoms with E-state index in [9.17, 15) is 21.6 Å². The zero-order valence-electron chi connectivity index (χ0n) is 11.5. The summed E-state index contributed by atoms with van der Waals surface area (Å²) in [5.41, 5.74) is -5.37. The molecular formula is C11H19F3O3S3. The first kappa shape index (κ1) is 18.2. The first-order valence-electron chi connectivity index (χ1n) is 6.09. The molecule has 1 unspecified atom stereocenters. The van der Waals surface area contributed by atoms with Crippen LogP contribution in [0.2, 0.25) is 0 Å². The quantitative estimate of drug-likeness (QED) is 0.466. The van der Waals surface area contributed by atoms with E-state index in [4.69, 9.17) is 0 Å². The summed E-state index contributed by atoms with van der Waals surface area (Å²) in [6.45, 7) is 3.19. The van der Waals surface area contributed by atoms with Crippen LogP contribution in [0, 0.1) is 0 Å². The molecule has 0 bridgehead atoms. The van der Waals surface area contributed by atoms with Gasteiger partial charge in [0.1, 0.15) is 6.10 Å². The predicted molar refractivity (Wildman–Crippen MR) is 79.7 cm³/mol. The number of hydrogen-bond acceptors (Lipinski definition) is 4. The summed E-state index contributed by atoms with van der Waals surface area (Å²) in [5.74, 6) is 1.87. The van der Waals surface area contributed by atoms with Gasteiger partial charge in [0.25, 0.3) is 0 Å². The molecule has 1 aliphatic rings. The normalized spacial score (nSPS) is 21.8. The number of allylic oxidation sites excluding steroid dienone is 1. The first-order valence-corrected chi connectivity index (χ1v) is 10.4. The minimum Gasteiger partial charge on any atom is -0.255 e. The minimum absolute atomic E-state index is 0.580. The van der Waals surface area contributed by atoms with Crippen LogP contribution in [-0.4, -0.2) is 37.8 Å². The standard InChI is InChI=1S/C11H19F3O3S3/c1-8(17-20(15,16)11(12,13)14)10(9(2)18-3)19-6-4-5-7-19/h8,19H,4-7H2,1-3H3/b10-9+. The van der Waals surface area contributed by atoms with Crippen LogP contribution < -0.4 is 0 Å². The molecule has 1 rings (SSSR count). The van der Waals surface area contributed by atoms with E-state index >= 15 is 0 Å². The maximum absolute atomic E-state index is 12.4. The molecule has 120 valence electrons. The second kappa shape index (κ2) is 6.93. The molecule has 0 saturated carbocycles. The van der Waals surface area contributed by atoms with Crippen LogP contribution in [0.3, 0.4) is 0 Å². The highest BCUT2D eigenvalue weighted by Crippen LogP contribution is 2.48. The van der Waals surface area contributed by atoms with Gasteiger partial charge in [-0.25, -0.2) is 10.9 Å². The van der Waals surface area contributed by atoms with Crippen LogP contribution in [0.25, 0.3) is 0 Å². The Labute approximate surface area is 124 Å². The van der Waals surface area contributed by atoms with Crippen molar-refractivity contribution in [2.75, 3.05) is 17.8 Å². The number of thioether (sulfide) groups is 1. The van der Waals surface area contributed by atoms with Crippen molar-refractivity contribution in [3.05, 3.63) is 9.81 Å². The van der Waals surface area contributed by atoms with E-state index in [1.54, 1.807) is 6.92 Å². The molecule has 0 aliphatic carbocycles. The van der Waals surface area contributed by atoms with Crippen LogP contribution in [0.15, 0.2) is 9.81 Å². The molecule has 1 fully saturated rings. The fourth-order valence-corrected chi connectivity index (χ4v) is 6.74. The van der Waals surface area contributed by atoms with Crippen LogP contribution in [0.1, 0.15) is 26.7 Å². The number of rotatable bonds is 5. The van der Waals surface area contributed by atoms with E-state index < -0.39 is 32.6 Å². The van der Waals surface area contributed by atoms with E-state index in [0.717, 1.165) is 34.2 Å². The lowest BCUT2D eigenvalue weighted by Gasteiger charge is -2.26. The van der Waals surface area contributed by atoms with Crippen molar-refractivity contribution in [2.45, 2.75) is 38.3 Å². The smallest absolute Gasteiger partial charge is 0.255 e. The molecular weight excluding hydrogens is 333 g/mol. The topological polar surface area (TPSA) is 43.4 Å². The summed E-state index contributed by atoms with van der Waals surface area (Å²) in [7, 11) is -6.13. The molecule has 0 aromatic carbocycles. The second-order valence-corrected chi connectivity index (χ2v) is 9.52. The van der Waals surface area contributed by atoms with E-state index in [-0.39, 0.29) is 0 Å². The van der Waals surface area contributed by atoms with E-state index in [2.05, 4.69) is 4.18 Å². The highest BCUT2D eigenvalue weighted by molar-refractivity contribution is 8.21. The Morgan fingerprint density at radius 3 is 2.20 bits per heavy atom. The molecule has 20 heavy (non-hydrogen) atoms. The molecule has 1 saturated heterocycles. The molecule has 3 nitrogen and oxygen atoms in total. The van der Waals surface area contributed by atoms with Crippen LogP contribution in [0.5, 0.6) is 0 Å². The summed E-state index contributed by atoms with van der Waals surface area (Å²) >= 11 is 1.42. The lowest BCUT2D eigenvalue weighted by atomic mass is 10.3. The van der Waals surface area contributed by atoms with Gasteiger partial charge >= 0.3 is 15.6 Å². The lowest BCUT2D eigenvalue weighted by Crippen LogP contribution is -2.30. The summed E-state index contributed by atoms with van der Waals surface area (Å²) in [6, 6.07) is 0. The zero-order chi connectivity index (χ0) is 15.6. The highest BCUT2D eigenvalue weighted by Gasteiger charge is 2.48. The SMILES string of the molecule is CS/C(C)=C(\C(C)OS(=O)(=O)C(F)(F)F)[SH]1CCCC1. The molecule has 0 amide bonds. The van der Waals surface area contributed by atoms with Gasteiger partial charge in [0.05, 0.1) is 0 Å². The van der Waals surface area contributed by atoms with Crippen molar-refractivity contribution in [2.24, 2.45) is 0 Å². The van der Waals surface area contributed by atoms with Gasteiger partial charge in [-0.05, 0) is 49.4 Å². The van der Waals surface area contributed by atoms with Gasteiger partial charge in [-0.15, -0.1) is 11.8 Å². The Hall–Kier alpha value is 0.140. The van der Waals surface area contributed by atoms with Crippen molar-refractivity contribution in [3.63, 3.8) is 0 Å². The lowest BCUT2D eigenvalue weighted by molar-refractivity contribution is -0.0556. The Bertz CT molecular complexity index is 465. The summed E-state index contributed by atoms with van der Waals surface area (Å²) in [4.78, 5) is 1.61. The van der Waals surface area contributed by atoms with Crippen molar-refractivity contribution in [1.82, 2.24) is 0 Å². The van der Waals surface area contributed by atoms with Crippen molar-refractivity contribution in [1.29, 1.82) is 0 Å². The molecule has 1 atom stereocenters. The fraction of sp³-hybridized carbons (Fsp3) is 0.818. The average Bonchev–Trinajstić information content (AvgIpc) is 2.80. The Kier molecular flexibility index (Phi) is 6.31. The minimum atomic E-state index is -5.55. The largest absolute Gasteiger partial charge is 0.523 e. The number of thiol groups is 1. The molecule has 0 aromatic rings. The van der Waals surface area contributed by atoms with Gasteiger partial charge in [-0.2, -0.15) is 21.6 Å². The molecule has 0 radical (unpaired) electrons. The molecule has 1 heterocycles. The van der Waals surface area contributed by atoms with Crippen molar-refractivity contribution in [3.8, 4) is 0 Å². The summed E-state index contributed by atoms with van der Waals surface area (Å²) < 4.78 is 63.8. The monoisotopic (exact) mass is 352 g/mol. The van der Waals surface area contributed by atoms with Crippen molar-refractivity contribution >= 4 is 32.8 Å². The van der Waals surface area contributed by atoms with E-state index in [1.807, 2.05) is 6.26 Å². The van der Waals surface area contributed by atoms with Gasteiger partial charge in [0.2, 0.25) is 0 Å². The van der Waals surface area contributed by atoms with E-state index in [0.29, 0.717) is 0 Å². The molecule has 9 heteroatoms. The Morgan fingerprint density at radius 2 is 1.80 bits per heavy atom. The third kappa shape index (κ3) is 4.32. The molecule has 1 aliphatic heterocycles. The van der Waals surface area contributed by atoms with Gasteiger partial charge in [-0.3, -0.25) is 4.18 Å². The predicted octanol–water partition coefficient (Wildman–Crippen LogP) is 3.63. The van der Waals surface area contributed by atoms with Crippen LogP contribution in [0.4, 0.5) is 13.2 Å². The van der Waals surface area contributed by atoms with Gasteiger partial charge in [0.15, 0.2) is 0 Å². The first-order chi connectivity index (χ1) is 9.10. The molecule has 0 N–H and O–H groups in total. The average molecular weight is 352 g/mol. The van der Waals surface area contributed by atoms with E-state index in [1.165, 1.54) is 18.7 Å². The Balaban J connectivity index is 2.99. The second-order valence-electron chi connectivity index (χ2n) is 4.48.